The molecular weight excluding hydrogens is 295 g/mol. The van der Waals surface area contributed by atoms with Gasteiger partial charge in [0.1, 0.15) is 11.9 Å². The molecule has 0 spiro atoms. The normalized spacial score (nSPS) is 13.6. The first-order valence-corrected chi connectivity index (χ1v) is 7.71. The minimum atomic E-state index is -3.66. The fraction of sp³-hybridized carbons (Fsp3) is 0.357. The number of allylic oxidation sites excluding steroid dienone is 1. The molecule has 0 N–H and O–H groups in total. The van der Waals surface area contributed by atoms with E-state index >= 15 is 0 Å². The molecule has 21 heavy (non-hydrogen) atoms. The molecule has 0 aromatic heterocycles. The molecule has 0 heterocycles. The maximum absolute atomic E-state index is 11.7. The molecule has 0 amide bonds. The lowest BCUT2D eigenvalue weighted by atomic mass is 10.1. The van der Waals surface area contributed by atoms with Crippen molar-refractivity contribution in [3.05, 3.63) is 47.7 Å². The Hall–Kier alpha value is -1.62. The average molecular weight is 314 g/mol. The first kappa shape index (κ1) is 17.4. The zero-order chi connectivity index (χ0) is 15.9. The third kappa shape index (κ3) is 5.71. The molecule has 6 nitrogen and oxygen atoms in total. The van der Waals surface area contributed by atoms with Gasteiger partial charge in [0.15, 0.2) is 0 Å². The van der Waals surface area contributed by atoms with Crippen LogP contribution < -0.4 is 0 Å². The van der Waals surface area contributed by atoms with Gasteiger partial charge in [0.2, 0.25) is 0 Å². The second-order valence-electron chi connectivity index (χ2n) is 4.15. The van der Waals surface area contributed by atoms with Crippen molar-refractivity contribution in [2.75, 3.05) is 14.2 Å². The predicted octanol–water partition coefficient (Wildman–Crippen LogP) is 3.61. The second-order valence-corrected chi connectivity index (χ2v) is 5.96. The van der Waals surface area contributed by atoms with Crippen LogP contribution in [0, 0.1) is 0 Å². The molecule has 1 atom stereocenters. The minimum absolute atomic E-state index is 0.0762. The zero-order valence-electron chi connectivity index (χ0n) is 12.4. The highest BCUT2D eigenvalue weighted by Gasteiger charge is 2.24. The minimum Gasteiger partial charge on any atom is -0.455 e. The Morgan fingerprint density at radius 1 is 1.19 bits per heavy atom. The van der Waals surface area contributed by atoms with E-state index in [9.17, 15) is 9.36 Å². The number of rotatable bonds is 7. The van der Waals surface area contributed by atoms with Crippen molar-refractivity contribution in [2.24, 2.45) is 0 Å². The smallest absolute Gasteiger partial charge is 0.455 e. The number of benzene rings is 1. The van der Waals surface area contributed by atoms with Gasteiger partial charge in [0.25, 0.3) is 0 Å². The van der Waals surface area contributed by atoms with Gasteiger partial charge in [0.05, 0.1) is 6.08 Å². The lowest BCUT2D eigenvalue weighted by molar-refractivity contribution is -0.142. The van der Waals surface area contributed by atoms with Crippen LogP contribution in [-0.2, 0) is 27.7 Å². The molecule has 0 aliphatic rings. The van der Waals surface area contributed by atoms with Crippen molar-refractivity contribution >= 4 is 13.8 Å². The number of carbonyl (C=O) groups excluding carboxylic acids is 1. The molecule has 0 fully saturated rings. The van der Waals surface area contributed by atoms with Crippen LogP contribution in [0.5, 0.6) is 0 Å². The summed E-state index contributed by atoms with van der Waals surface area (Å²) in [5, 5.41) is 0. The maximum Gasteiger partial charge on any atom is 0.529 e. The molecule has 1 rings (SSSR count). The number of esters is 1. The molecule has 1 aromatic rings. The summed E-state index contributed by atoms with van der Waals surface area (Å²) in [6, 6.07) is 9.31. The van der Waals surface area contributed by atoms with Gasteiger partial charge in [0, 0.05) is 14.2 Å². The fourth-order valence-corrected chi connectivity index (χ4v) is 2.22. The monoisotopic (exact) mass is 314 g/mol. The Labute approximate surface area is 124 Å². The van der Waals surface area contributed by atoms with Crippen molar-refractivity contribution in [3.63, 3.8) is 0 Å². The number of ether oxygens (including phenoxy) is 1. The van der Waals surface area contributed by atoms with Crippen molar-refractivity contribution in [3.8, 4) is 0 Å². The molecule has 116 valence electrons. The van der Waals surface area contributed by atoms with E-state index in [2.05, 4.69) is 9.05 Å². The summed E-state index contributed by atoms with van der Waals surface area (Å²) in [7, 11) is -1.29. The fourth-order valence-electron chi connectivity index (χ4n) is 1.52. The number of hydrogen-bond donors (Lipinski definition) is 0. The summed E-state index contributed by atoms with van der Waals surface area (Å²) in [5.74, 6) is -0.532. The van der Waals surface area contributed by atoms with Crippen LogP contribution in [0.25, 0.3) is 0 Å². The molecular formula is C14H19O6P. The maximum atomic E-state index is 11.7. The SMILES string of the molecule is COP(=O)(OC)O/C(C)=C\C(=O)OC(C)c1ccccc1. The van der Waals surface area contributed by atoms with Crippen molar-refractivity contribution in [1.29, 1.82) is 0 Å². The van der Waals surface area contributed by atoms with E-state index in [4.69, 9.17) is 9.26 Å². The summed E-state index contributed by atoms with van der Waals surface area (Å²) in [4.78, 5) is 11.7. The van der Waals surface area contributed by atoms with Crippen LogP contribution in [0.3, 0.4) is 0 Å². The average Bonchev–Trinajstić information content (AvgIpc) is 2.47. The Morgan fingerprint density at radius 3 is 2.29 bits per heavy atom. The molecule has 0 saturated carbocycles. The van der Waals surface area contributed by atoms with E-state index in [0.717, 1.165) is 11.6 Å². The van der Waals surface area contributed by atoms with E-state index in [1.165, 1.54) is 21.1 Å². The lowest BCUT2D eigenvalue weighted by Crippen LogP contribution is -2.07. The van der Waals surface area contributed by atoms with E-state index < -0.39 is 19.9 Å². The van der Waals surface area contributed by atoms with Gasteiger partial charge in [-0.3, -0.25) is 9.05 Å². The summed E-state index contributed by atoms with van der Waals surface area (Å²) < 4.78 is 31.1. The van der Waals surface area contributed by atoms with Gasteiger partial charge < -0.3 is 9.26 Å². The predicted molar refractivity (Wildman–Crippen MR) is 77.4 cm³/mol. The van der Waals surface area contributed by atoms with E-state index in [-0.39, 0.29) is 5.76 Å². The first-order chi connectivity index (χ1) is 9.90. The topological polar surface area (TPSA) is 71.1 Å². The number of phosphoric acid groups is 1. The van der Waals surface area contributed by atoms with Crippen LogP contribution >= 0.6 is 7.82 Å². The summed E-state index contributed by atoms with van der Waals surface area (Å²) in [5.41, 5.74) is 0.872. The van der Waals surface area contributed by atoms with E-state index in [1.54, 1.807) is 6.92 Å². The number of phosphoric ester groups is 1. The largest absolute Gasteiger partial charge is 0.529 e. The van der Waals surface area contributed by atoms with E-state index in [1.807, 2.05) is 30.3 Å². The molecule has 7 heteroatoms. The van der Waals surface area contributed by atoms with Crippen LogP contribution in [0.4, 0.5) is 0 Å². The third-order valence-electron chi connectivity index (χ3n) is 2.59. The van der Waals surface area contributed by atoms with Crippen molar-refractivity contribution < 1.29 is 27.7 Å². The molecule has 0 saturated heterocycles. The van der Waals surface area contributed by atoms with E-state index in [0.29, 0.717) is 0 Å². The molecule has 1 unspecified atom stereocenters. The van der Waals surface area contributed by atoms with Crippen molar-refractivity contribution in [2.45, 2.75) is 20.0 Å². The van der Waals surface area contributed by atoms with Crippen LogP contribution in [0.15, 0.2) is 42.2 Å². The molecule has 0 aliphatic carbocycles. The molecule has 1 aromatic carbocycles. The summed E-state index contributed by atoms with van der Waals surface area (Å²) in [6.07, 6.45) is 0.684. The third-order valence-corrected chi connectivity index (χ3v) is 3.99. The Balaban J connectivity index is 2.64. The highest BCUT2D eigenvalue weighted by Crippen LogP contribution is 2.49. The number of hydrogen-bond acceptors (Lipinski definition) is 6. The molecule has 0 bridgehead atoms. The van der Waals surface area contributed by atoms with Gasteiger partial charge in [-0.05, 0) is 19.4 Å². The van der Waals surface area contributed by atoms with Crippen LogP contribution in [0.1, 0.15) is 25.5 Å². The first-order valence-electron chi connectivity index (χ1n) is 6.25. The Kier molecular flexibility index (Phi) is 6.62. The van der Waals surface area contributed by atoms with Crippen LogP contribution in [0.2, 0.25) is 0 Å². The van der Waals surface area contributed by atoms with Gasteiger partial charge in [-0.2, -0.15) is 0 Å². The van der Waals surface area contributed by atoms with Crippen LogP contribution in [-0.4, -0.2) is 20.2 Å². The molecule has 0 radical (unpaired) electrons. The Morgan fingerprint density at radius 2 is 1.76 bits per heavy atom. The summed E-state index contributed by atoms with van der Waals surface area (Å²) >= 11 is 0. The molecule has 0 aliphatic heterocycles. The van der Waals surface area contributed by atoms with Gasteiger partial charge >= 0.3 is 13.8 Å². The Bertz CT molecular complexity index is 532. The highest BCUT2D eigenvalue weighted by molar-refractivity contribution is 7.48. The highest BCUT2D eigenvalue weighted by atomic mass is 31.2. The standard InChI is InChI=1S/C14H19O6P/c1-11(20-21(16,17-3)18-4)10-14(15)19-12(2)13-8-6-5-7-9-13/h5-10,12H,1-4H3/b11-10-. The quantitative estimate of drug-likeness (QED) is 0.331. The lowest BCUT2D eigenvalue weighted by Gasteiger charge is -2.15. The number of carbonyl (C=O) groups is 1. The van der Waals surface area contributed by atoms with Crippen molar-refractivity contribution in [1.82, 2.24) is 0 Å². The zero-order valence-corrected chi connectivity index (χ0v) is 13.3. The van der Waals surface area contributed by atoms with Gasteiger partial charge in [-0.15, -0.1) is 0 Å². The second kappa shape index (κ2) is 7.98. The summed E-state index contributed by atoms with van der Waals surface area (Å²) in [6.45, 7) is 3.21. The van der Waals surface area contributed by atoms with Gasteiger partial charge in [-0.25, -0.2) is 9.36 Å². The van der Waals surface area contributed by atoms with Gasteiger partial charge in [-0.1, -0.05) is 30.3 Å².